The van der Waals surface area contributed by atoms with Gasteiger partial charge in [-0.3, -0.25) is 4.79 Å². The smallest absolute Gasteiger partial charge is 0.245 e. The Morgan fingerprint density at radius 1 is 1.47 bits per heavy atom. The largest absolute Gasteiger partial charge is 0.305 e. The molecule has 1 aliphatic rings. The van der Waals surface area contributed by atoms with Crippen LogP contribution in [0.1, 0.15) is 51.2 Å². The number of nitrogens with zero attached hydrogens (tertiary/aromatic N) is 1. The molecule has 0 saturated carbocycles. The number of amides is 1. The van der Waals surface area contributed by atoms with Crippen LogP contribution in [0.4, 0.5) is 5.69 Å². The van der Waals surface area contributed by atoms with Crippen LogP contribution in [0, 0.1) is 6.92 Å². The summed E-state index contributed by atoms with van der Waals surface area (Å²) in [5.41, 5.74) is 3.32. The average Bonchev–Trinajstić information content (AvgIpc) is 2.28. The monoisotopic (exact) mass is 279 g/mol. The van der Waals surface area contributed by atoms with Crippen LogP contribution >= 0.6 is 11.6 Å². The van der Waals surface area contributed by atoms with Gasteiger partial charge < -0.3 is 4.90 Å². The minimum absolute atomic E-state index is 0.0105. The molecule has 0 saturated heterocycles. The van der Waals surface area contributed by atoms with Gasteiger partial charge in [0.1, 0.15) is 5.38 Å². The minimum Gasteiger partial charge on any atom is -0.305 e. The van der Waals surface area contributed by atoms with E-state index in [1.54, 1.807) is 6.92 Å². The van der Waals surface area contributed by atoms with Crippen LogP contribution in [0.5, 0.6) is 0 Å². The summed E-state index contributed by atoms with van der Waals surface area (Å²) in [4.78, 5) is 14.4. The Morgan fingerprint density at radius 2 is 2.11 bits per heavy atom. The number of rotatable bonds is 1. The van der Waals surface area contributed by atoms with Crippen molar-refractivity contribution in [2.75, 3.05) is 4.90 Å². The zero-order valence-corrected chi connectivity index (χ0v) is 13.1. The van der Waals surface area contributed by atoms with Crippen molar-refractivity contribution in [2.45, 2.75) is 57.9 Å². The number of alkyl halides is 1. The number of benzene rings is 1. The summed E-state index contributed by atoms with van der Waals surface area (Å²) in [5, 5.41) is -0.498. The highest BCUT2D eigenvalue weighted by molar-refractivity contribution is 6.32. The standard InChI is InChI=1S/C16H22ClNO/c1-10-6-7-14-13(8-10)11(2)9-16(4,5)18(14)15(19)12(3)17/h6-8,11-12H,9H2,1-5H3/t11-,12-/m1/s1. The van der Waals surface area contributed by atoms with Gasteiger partial charge >= 0.3 is 0 Å². The molecule has 0 unspecified atom stereocenters. The van der Waals surface area contributed by atoms with E-state index in [4.69, 9.17) is 11.6 Å². The van der Waals surface area contributed by atoms with Gasteiger partial charge in [-0.05, 0) is 51.7 Å². The van der Waals surface area contributed by atoms with Crippen molar-refractivity contribution in [1.29, 1.82) is 0 Å². The Hall–Kier alpha value is -1.02. The Morgan fingerprint density at radius 3 is 2.68 bits per heavy atom. The third kappa shape index (κ3) is 2.51. The van der Waals surface area contributed by atoms with E-state index in [1.165, 1.54) is 11.1 Å². The maximum Gasteiger partial charge on any atom is 0.245 e. The van der Waals surface area contributed by atoms with E-state index in [-0.39, 0.29) is 11.4 Å². The Kier molecular flexibility index (Phi) is 3.65. The molecule has 0 N–H and O–H groups in total. The summed E-state index contributed by atoms with van der Waals surface area (Å²) in [6.45, 7) is 10.3. The lowest BCUT2D eigenvalue weighted by atomic mass is 9.79. The molecule has 0 radical (unpaired) electrons. The van der Waals surface area contributed by atoms with Crippen LogP contribution in [-0.2, 0) is 4.79 Å². The molecule has 104 valence electrons. The Labute approximate surface area is 120 Å². The molecule has 19 heavy (non-hydrogen) atoms. The quantitative estimate of drug-likeness (QED) is 0.704. The lowest BCUT2D eigenvalue weighted by Gasteiger charge is -2.46. The fourth-order valence-corrected chi connectivity index (χ4v) is 3.24. The molecule has 2 atom stereocenters. The number of anilines is 1. The highest BCUT2D eigenvalue weighted by atomic mass is 35.5. The summed E-state index contributed by atoms with van der Waals surface area (Å²) in [5.74, 6) is 0.447. The fraction of sp³-hybridized carbons (Fsp3) is 0.562. The lowest BCUT2D eigenvalue weighted by Crippen LogP contribution is -2.53. The average molecular weight is 280 g/mol. The van der Waals surface area contributed by atoms with E-state index >= 15 is 0 Å². The number of hydrogen-bond acceptors (Lipinski definition) is 1. The van der Waals surface area contributed by atoms with Gasteiger partial charge in [0.05, 0.1) is 0 Å². The van der Waals surface area contributed by atoms with Crippen molar-refractivity contribution in [3.8, 4) is 0 Å². The second-order valence-corrected chi connectivity index (χ2v) is 6.92. The van der Waals surface area contributed by atoms with E-state index in [1.807, 2.05) is 4.90 Å². The maximum absolute atomic E-state index is 12.5. The van der Waals surface area contributed by atoms with E-state index in [0.29, 0.717) is 5.92 Å². The first-order valence-electron chi connectivity index (χ1n) is 6.83. The van der Waals surface area contributed by atoms with E-state index in [2.05, 4.69) is 45.9 Å². The molecule has 0 bridgehead atoms. The molecular formula is C16H22ClNO. The van der Waals surface area contributed by atoms with Gasteiger partial charge in [-0.1, -0.05) is 24.6 Å². The Bertz CT molecular complexity index is 507. The fourth-order valence-electron chi connectivity index (χ4n) is 3.14. The summed E-state index contributed by atoms with van der Waals surface area (Å²) in [6.07, 6.45) is 0.957. The summed E-state index contributed by atoms with van der Waals surface area (Å²) in [6, 6.07) is 6.31. The lowest BCUT2D eigenvalue weighted by molar-refractivity contribution is -0.119. The Balaban J connectivity index is 2.58. The maximum atomic E-state index is 12.5. The van der Waals surface area contributed by atoms with E-state index < -0.39 is 5.38 Å². The van der Waals surface area contributed by atoms with Gasteiger partial charge in [-0.25, -0.2) is 0 Å². The molecule has 2 nitrogen and oxygen atoms in total. The van der Waals surface area contributed by atoms with Crippen molar-refractivity contribution in [2.24, 2.45) is 0 Å². The first-order valence-corrected chi connectivity index (χ1v) is 7.26. The first kappa shape index (κ1) is 14.4. The number of aryl methyl sites for hydroxylation is 1. The molecule has 3 heteroatoms. The zero-order valence-electron chi connectivity index (χ0n) is 12.3. The second-order valence-electron chi connectivity index (χ2n) is 6.27. The van der Waals surface area contributed by atoms with E-state index in [0.717, 1.165) is 12.1 Å². The van der Waals surface area contributed by atoms with Gasteiger partial charge in [0.15, 0.2) is 0 Å². The predicted octanol–water partition coefficient (Wildman–Crippen LogP) is 4.24. The van der Waals surface area contributed by atoms with Crippen molar-refractivity contribution in [1.82, 2.24) is 0 Å². The number of carbonyl (C=O) groups excluding carboxylic acids is 1. The van der Waals surface area contributed by atoms with Gasteiger partial charge in [0.25, 0.3) is 0 Å². The summed E-state index contributed by atoms with van der Waals surface area (Å²) < 4.78 is 0. The van der Waals surface area contributed by atoms with Crippen molar-refractivity contribution < 1.29 is 4.79 Å². The molecule has 1 amide bonds. The predicted molar refractivity (Wildman–Crippen MR) is 81.1 cm³/mol. The number of fused-ring (bicyclic) bond motifs is 1. The molecule has 0 spiro atoms. The van der Waals surface area contributed by atoms with Crippen molar-refractivity contribution in [3.05, 3.63) is 29.3 Å². The molecule has 1 aromatic carbocycles. The summed E-state index contributed by atoms with van der Waals surface area (Å²) >= 11 is 6.03. The normalized spacial score (nSPS) is 22.8. The molecule has 1 heterocycles. The van der Waals surface area contributed by atoms with Crippen LogP contribution in [0.3, 0.4) is 0 Å². The number of carbonyl (C=O) groups is 1. The molecule has 0 aliphatic carbocycles. The van der Waals surface area contributed by atoms with Crippen LogP contribution < -0.4 is 4.90 Å². The van der Waals surface area contributed by atoms with Gasteiger partial charge in [0, 0.05) is 11.2 Å². The molecule has 1 aliphatic heterocycles. The third-order valence-corrected chi connectivity index (χ3v) is 4.11. The topological polar surface area (TPSA) is 20.3 Å². The number of hydrogen-bond donors (Lipinski definition) is 0. The minimum atomic E-state index is -0.498. The highest BCUT2D eigenvalue weighted by Gasteiger charge is 2.40. The van der Waals surface area contributed by atoms with Crippen LogP contribution in [0.2, 0.25) is 0 Å². The first-order chi connectivity index (χ1) is 8.74. The van der Waals surface area contributed by atoms with Crippen LogP contribution in [0.15, 0.2) is 18.2 Å². The second kappa shape index (κ2) is 4.82. The van der Waals surface area contributed by atoms with E-state index in [9.17, 15) is 4.79 Å². The molecule has 1 aromatic rings. The molecule has 0 fully saturated rings. The molecule has 0 aromatic heterocycles. The van der Waals surface area contributed by atoms with Gasteiger partial charge in [0.2, 0.25) is 5.91 Å². The third-order valence-electron chi connectivity index (χ3n) is 3.93. The zero-order chi connectivity index (χ0) is 14.4. The van der Waals surface area contributed by atoms with Gasteiger partial charge in [-0.2, -0.15) is 0 Å². The number of halogens is 1. The SMILES string of the molecule is Cc1ccc2c(c1)[C@H](C)CC(C)(C)N2C(=O)[C@@H](C)Cl. The van der Waals surface area contributed by atoms with Crippen LogP contribution in [0.25, 0.3) is 0 Å². The summed E-state index contributed by atoms with van der Waals surface area (Å²) in [7, 11) is 0. The van der Waals surface area contributed by atoms with Crippen LogP contribution in [-0.4, -0.2) is 16.8 Å². The molecule has 2 rings (SSSR count). The molecular weight excluding hydrogens is 258 g/mol. The highest BCUT2D eigenvalue weighted by Crippen LogP contribution is 2.44. The van der Waals surface area contributed by atoms with Gasteiger partial charge in [-0.15, -0.1) is 11.6 Å². The van der Waals surface area contributed by atoms with Crippen molar-refractivity contribution in [3.63, 3.8) is 0 Å². The van der Waals surface area contributed by atoms with Crippen molar-refractivity contribution >= 4 is 23.2 Å².